The molecule has 0 unspecified atom stereocenters. The van der Waals surface area contributed by atoms with Gasteiger partial charge in [-0.2, -0.15) is 0 Å². The molecule has 3 rings (SSSR count). The lowest BCUT2D eigenvalue weighted by molar-refractivity contribution is 0.458. The highest BCUT2D eigenvalue weighted by Crippen LogP contribution is 2.26. The highest BCUT2D eigenvalue weighted by Gasteiger charge is 2.23. The molecule has 2 aromatic carbocycles. The van der Waals surface area contributed by atoms with Gasteiger partial charge in [0.1, 0.15) is 0 Å². The summed E-state index contributed by atoms with van der Waals surface area (Å²) < 4.78 is 30.2. The second-order valence-electron chi connectivity index (χ2n) is 4.31. The van der Waals surface area contributed by atoms with Gasteiger partial charge in [0, 0.05) is 10.6 Å². The largest absolute Gasteiger partial charge is 0.424 e. The molecule has 3 aromatic rings. The van der Waals surface area contributed by atoms with Crippen LogP contribution < -0.4 is 0 Å². The summed E-state index contributed by atoms with van der Waals surface area (Å²) in [6, 6.07) is 15.0. The number of hydrogen-bond donors (Lipinski definition) is 0. The Kier molecular flexibility index (Phi) is 3.53. The van der Waals surface area contributed by atoms with Crippen LogP contribution in [0.25, 0.3) is 11.5 Å². The number of halogens is 1. The van der Waals surface area contributed by atoms with E-state index in [-0.39, 0.29) is 15.9 Å². The van der Waals surface area contributed by atoms with Crippen molar-refractivity contribution in [2.24, 2.45) is 0 Å². The Morgan fingerprint density at radius 1 is 0.952 bits per heavy atom. The molecule has 6 heteroatoms. The first-order chi connectivity index (χ1) is 10.1. The Balaban J connectivity index is 2.01. The Bertz CT molecular complexity index is 855. The van der Waals surface area contributed by atoms with Crippen LogP contribution in [0.5, 0.6) is 0 Å². The van der Waals surface area contributed by atoms with Crippen molar-refractivity contribution in [3.8, 4) is 11.5 Å². The van der Waals surface area contributed by atoms with E-state index in [9.17, 15) is 8.42 Å². The van der Waals surface area contributed by atoms with Gasteiger partial charge < -0.3 is 4.42 Å². The summed E-state index contributed by atoms with van der Waals surface area (Å²) in [6.07, 6.45) is 1.21. The van der Waals surface area contributed by atoms with E-state index in [0.29, 0.717) is 5.02 Å². The van der Waals surface area contributed by atoms with Crippen molar-refractivity contribution in [3.63, 3.8) is 0 Å². The fourth-order valence-corrected chi connectivity index (χ4v) is 3.06. The fraction of sp³-hybridized carbons (Fsp3) is 0. The maximum Gasteiger partial charge on any atom is 0.243 e. The van der Waals surface area contributed by atoms with Crippen LogP contribution in [-0.4, -0.2) is 13.4 Å². The standard InChI is InChI=1S/C15H10ClNO3S/c16-12-6-8-13(9-7-12)21(18,19)14-10-17-15(20-14)11-4-2-1-3-5-11/h1-10H. The third kappa shape index (κ3) is 2.70. The van der Waals surface area contributed by atoms with Gasteiger partial charge in [0.2, 0.25) is 20.8 Å². The Morgan fingerprint density at radius 3 is 2.29 bits per heavy atom. The summed E-state index contributed by atoms with van der Waals surface area (Å²) in [5.41, 5.74) is 0.718. The van der Waals surface area contributed by atoms with E-state index in [2.05, 4.69) is 4.98 Å². The summed E-state index contributed by atoms with van der Waals surface area (Å²) in [6.45, 7) is 0. The molecule has 1 heterocycles. The zero-order chi connectivity index (χ0) is 14.9. The Labute approximate surface area is 126 Å². The van der Waals surface area contributed by atoms with Gasteiger partial charge in [0.15, 0.2) is 0 Å². The van der Waals surface area contributed by atoms with Gasteiger partial charge in [-0.25, -0.2) is 13.4 Å². The molecule has 0 spiro atoms. The molecule has 0 bridgehead atoms. The highest BCUT2D eigenvalue weighted by molar-refractivity contribution is 7.91. The molecule has 0 amide bonds. The summed E-state index contributed by atoms with van der Waals surface area (Å²) in [7, 11) is -3.73. The molecule has 1 aromatic heterocycles. The SMILES string of the molecule is O=S(=O)(c1ccc(Cl)cc1)c1cnc(-c2ccccc2)o1. The first-order valence-electron chi connectivity index (χ1n) is 6.09. The van der Waals surface area contributed by atoms with Gasteiger partial charge in [-0.05, 0) is 36.4 Å². The van der Waals surface area contributed by atoms with E-state index in [1.54, 1.807) is 12.1 Å². The average Bonchev–Trinajstić information content (AvgIpc) is 2.99. The number of benzene rings is 2. The summed E-state index contributed by atoms with van der Waals surface area (Å²) >= 11 is 5.76. The van der Waals surface area contributed by atoms with Gasteiger partial charge >= 0.3 is 0 Å². The molecule has 0 aliphatic rings. The second kappa shape index (κ2) is 5.35. The Morgan fingerprint density at radius 2 is 1.62 bits per heavy atom. The zero-order valence-corrected chi connectivity index (χ0v) is 12.3. The van der Waals surface area contributed by atoms with Crippen molar-refractivity contribution >= 4 is 21.4 Å². The minimum Gasteiger partial charge on any atom is -0.424 e. The Hall–Kier alpha value is -2.11. The van der Waals surface area contributed by atoms with Crippen molar-refractivity contribution in [3.05, 3.63) is 65.8 Å². The van der Waals surface area contributed by atoms with Crippen molar-refractivity contribution < 1.29 is 12.8 Å². The van der Waals surface area contributed by atoms with Gasteiger partial charge in [-0.3, -0.25) is 0 Å². The van der Waals surface area contributed by atoms with E-state index in [1.807, 2.05) is 18.2 Å². The highest BCUT2D eigenvalue weighted by atomic mass is 35.5. The van der Waals surface area contributed by atoms with E-state index in [1.165, 1.54) is 30.5 Å². The number of oxazole rings is 1. The molecule has 0 aliphatic heterocycles. The van der Waals surface area contributed by atoms with E-state index in [4.69, 9.17) is 16.0 Å². The average molecular weight is 320 g/mol. The molecule has 0 N–H and O–H groups in total. The molecular formula is C15H10ClNO3S. The summed E-state index contributed by atoms with van der Waals surface area (Å²) in [5.74, 6) is 0.267. The predicted octanol–water partition coefficient (Wildman–Crippen LogP) is 3.83. The fourth-order valence-electron chi connectivity index (χ4n) is 1.83. The smallest absolute Gasteiger partial charge is 0.243 e. The number of aromatic nitrogens is 1. The number of sulfone groups is 1. The molecule has 0 atom stereocenters. The molecule has 106 valence electrons. The quantitative estimate of drug-likeness (QED) is 0.736. The predicted molar refractivity (Wildman–Crippen MR) is 78.8 cm³/mol. The number of hydrogen-bond acceptors (Lipinski definition) is 4. The maximum atomic E-state index is 12.4. The van der Waals surface area contributed by atoms with Crippen molar-refractivity contribution in [1.29, 1.82) is 0 Å². The molecule has 0 saturated carbocycles. The van der Waals surface area contributed by atoms with Crippen LogP contribution in [0, 0.1) is 0 Å². The zero-order valence-electron chi connectivity index (χ0n) is 10.7. The third-order valence-electron chi connectivity index (χ3n) is 2.89. The molecule has 0 aliphatic carbocycles. The summed E-state index contributed by atoms with van der Waals surface area (Å²) in [4.78, 5) is 4.14. The van der Waals surface area contributed by atoms with Crippen molar-refractivity contribution in [2.75, 3.05) is 0 Å². The third-order valence-corrected chi connectivity index (χ3v) is 4.76. The van der Waals surface area contributed by atoms with Gasteiger partial charge in [-0.15, -0.1) is 0 Å². The lowest BCUT2D eigenvalue weighted by atomic mass is 10.2. The maximum absolute atomic E-state index is 12.4. The van der Waals surface area contributed by atoms with Crippen molar-refractivity contribution in [2.45, 2.75) is 9.99 Å². The van der Waals surface area contributed by atoms with E-state index < -0.39 is 9.84 Å². The second-order valence-corrected chi connectivity index (χ2v) is 6.62. The van der Waals surface area contributed by atoms with Crippen LogP contribution in [0.1, 0.15) is 0 Å². The van der Waals surface area contributed by atoms with Crippen LogP contribution in [0.2, 0.25) is 5.02 Å². The van der Waals surface area contributed by atoms with Crippen LogP contribution >= 0.6 is 11.6 Å². The number of nitrogens with zero attached hydrogens (tertiary/aromatic N) is 1. The molecule has 0 radical (unpaired) electrons. The topological polar surface area (TPSA) is 60.2 Å². The van der Waals surface area contributed by atoms with Crippen LogP contribution in [-0.2, 0) is 9.84 Å². The molecule has 0 fully saturated rings. The number of rotatable bonds is 3. The lowest BCUT2D eigenvalue weighted by Gasteiger charge is -2.00. The first kappa shape index (κ1) is 13.9. The summed E-state index contributed by atoms with van der Waals surface area (Å²) in [5, 5.41) is 0.278. The van der Waals surface area contributed by atoms with Gasteiger partial charge in [0.25, 0.3) is 0 Å². The van der Waals surface area contributed by atoms with Crippen LogP contribution in [0.15, 0.2) is 75.2 Å². The van der Waals surface area contributed by atoms with Crippen molar-refractivity contribution in [1.82, 2.24) is 4.98 Å². The monoisotopic (exact) mass is 319 g/mol. The van der Waals surface area contributed by atoms with Gasteiger partial charge in [-0.1, -0.05) is 29.8 Å². The van der Waals surface area contributed by atoms with Crippen LogP contribution in [0.3, 0.4) is 0 Å². The minimum atomic E-state index is -3.73. The lowest BCUT2D eigenvalue weighted by Crippen LogP contribution is -2.00. The van der Waals surface area contributed by atoms with E-state index >= 15 is 0 Å². The van der Waals surface area contributed by atoms with Gasteiger partial charge in [0.05, 0.1) is 11.1 Å². The normalized spacial score (nSPS) is 11.5. The molecule has 4 nitrogen and oxygen atoms in total. The first-order valence-corrected chi connectivity index (χ1v) is 7.95. The molecular weight excluding hydrogens is 310 g/mol. The minimum absolute atomic E-state index is 0.114. The van der Waals surface area contributed by atoms with Crippen LogP contribution in [0.4, 0.5) is 0 Å². The van der Waals surface area contributed by atoms with E-state index in [0.717, 1.165) is 5.56 Å². The molecule has 21 heavy (non-hydrogen) atoms. The molecule has 0 saturated heterocycles.